The molecule has 0 aliphatic heterocycles. The third-order valence-corrected chi connectivity index (χ3v) is 5.39. The molecule has 0 radical (unpaired) electrons. The van der Waals surface area contributed by atoms with Crippen LogP contribution < -0.4 is 10.2 Å². The van der Waals surface area contributed by atoms with Crippen LogP contribution in [0.3, 0.4) is 0 Å². The van der Waals surface area contributed by atoms with Crippen LogP contribution in [0.4, 0.5) is 0 Å². The normalized spacial score (nSPS) is 12.2. The Morgan fingerprint density at radius 3 is 2.28 bits per heavy atom. The number of rotatable bonds is 7. The van der Waals surface area contributed by atoms with Crippen molar-refractivity contribution in [2.75, 3.05) is 6.61 Å². The zero-order valence-corrected chi connectivity index (χ0v) is 20.6. The molecule has 1 heterocycles. The largest absolute Gasteiger partial charge is 0.481 e. The van der Waals surface area contributed by atoms with Gasteiger partial charge in [-0.15, -0.1) is 0 Å². The fourth-order valence-electron chi connectivity index (χ4n) is 3.31. The average Bonchev–Trinajstić information content (AvgIpc) is 2.59. The number of nitrogens with one attached hydrogen (secondary N) is 1. The van der Waals surface area contributed by atoms with Gasteiger partial charge in [0.15, 0.2) is 6.61 Å². The second kappa shape index (κ2) is 9.85. The molecule has 0 aliphatic carbocycles. The van der Waals surface area contributed by atoms with E-state index in [-0.39, 0.29) is 23.3 Å². The Labute approximate surface area is 189 Å². The standard InChI is InChI=1S/C22H27Br2N3O2/c1-21(2,3)14-22(4,5)16-10-17(23)20(18(24)11-16)29-13-19(28)27-26-12-15-6-8-25-9-7-15/h6-12H,13-14H2,1-5H3,(H,27,28)/b26-12+. The Kier molecular flexibility index (Phi) is 8.00. The minimum atomic E-state index is -0.341. The van der Waals surface area contributed by atoms with Gasteiger partial charge in [-0.2, -0.15) is 5.10 Å². The van der Waals surface area contributed by atoms with Crippen molar-refractivity contribution in [1.82, 2.24) is 10.4 Å². The molecule has 0 spiro atoms. The maximum Gasteiger partial charge on any atom is 0.277 e. The lowest BCUT2D eigenvalue weighted by Gasteiger charge is -2.33. The van der Waals surface area contributed by atoms with E-state index < -0.39 is 0 Å². The van der Waals surface area contributed by atoms with Gasteiger partial charge in [0.2, 0.25) is 0 Å². The summed E-state index contributed by atoms with van der Waals surface area (Å²) in [4.78, 5) is 15.9. The van der Waals surface area contributed by atoms with E-state index >= 15 is 0 Å². The summed E-state index contributed by atoms with van der Waals surface area (Å²) in [6, 6.07) is 7.71. The van der Waals surface area contributed by atoms with E-state index in [0.29, 0.717) is 5.75 Å². The van der Waals surface area contributed by atoms with Crippen molar-refractivity contribution in [1.29, 1.82) is 0 Å². The molecule has 156 valence electrons. The number of carbonyl (C=O) groups excluding carboxylic acids is 1. The molecule has 0 fully saturated rings. The fraction of sp³-hybridized carbons (Fsp3) is 0.409. The van der Waals surface area contributed by atoms with Gasteiger partial charge < -0.3 is 4.74 Å². The highest BCUT2D eigenvalue weighted by molar-refractivity contribution is 9.11. The summed E-state index contributed by atoms with van der Waals surface area (Å²) in [5.74, 6) is 0.250. The molecule has 0 bridgehead atoms. The number of amides is 1. The van der Waals surface area contributed by atoms with Gasteiger partial charge in [-0.1, -0.05) is 34.6 Å². The highest BCUT2D eigenvalue weighted by Gasteiger charge is 2.28. The monoisotopic (exact) mass is 523 g/mol. The Balaban J connectivity index is 2.01. The topological polar surface area (TPSA) is 63.6 Å². The van der Waals surface area contributed by atoms with E-state index in [1.54, 1.807) is 30.7 Å². The van der Waals surface area contributed by atoms with Crippen molar-refractivity contribution in [3.63, 3.8) is 0 Å². The molecule has 5 nitrogen and oxygen atoms in total. The second-order valence-electron chi connectivity index (χ2n) is 8.75. The molecule has 0 atom stereocenters. The van der Waals surface area contributed by atoms with Crippen molar-refractivity contribution < 1.29 is 9.53 Å². The SMILES string of the molecule is CC(C)(C)CC(C)(C)c1cc(Br)c(OCC(=O)N/N=C/c2ccncc2)c(Br)c1. The van der Waals surface area contributed by atoms with Gasteiger partial charge in [0.25, 0.3) is 5.91 Å². The number of carbonyl (C=O) groups is 1. The molecule has 1 amide bonds. The molecular formula is C22H27Br2N3O2. The third-order valence-electron chi connectivity index (χ3n) is 4.21. The first-order chi connectivity index (χ1) is 13.5. The molecule has 0 aliphatic rings. The first-order valence-electron chi connectivity index (χ1n) is 9.32. The highest BCUT2D eigenvalue weighted by atomic mass is 79.9. The van der Waals surface area contributed by atoms with Gasteiger partial charge in [-0.25, -0.2) is 5.43 Å². The van der Waals surface area contributed by atoms with Crippen LogP contribution in [0.5, 0.6) is 5.75 Å². The van der Waals surface area contributed by atoms with Crippen LogP contribution in [0.15, 0.2) is 50.7 Å². The van der Waals surface area contributed by atoms with Crippen LogP contribution in [0.25, 0.3) is 0 Å². The Morgan fingerprint density at radius 1 is 1.14 bits per heavy atom. The van der Waals surface area contributed by atoms with Gasteiger partial charge in [0, 0.05) is 12.4 Å². The summed E-state index contributed by atoms with van der Waals surface area (Å²) in [5, 5.41) is 3.92. The molecule has 1 aromatic carbocycles. The summed E-state index contributed by atoms with van der Waals surface area (Å²) >= 11 is 7.16. The van der Waals surface area contributed by atoms with Gasteiger partial charge >= 0.3 is 0 Å². The lowest BCUT2D eigenvalue weighted by molar-refractivity contribution is -0.123. The predicted molar refractivity (Wildman–Crippen MR) is 124 cm³/mol. The summed E-state index contributed by atoms with van der Waals surface area (Å²) in [6.07, 6.45) is 5.91. The van der Waals surface area contributed by atoms with Crippen LogP contribution in [0.1, 0.15) is 52.2 Å². The van der Waals surface area contributed by atoms with Crippen LogP contribution in [-0.2, 0) is 10.2 Å². The van der Waals surface area contributed by atoms with Gasteiger partial charge in [0.1, 0.15) is 5.75 Å². The van der Waals surface area contributed by atoms with E-state index in [0.717, 1.165) is 20.9 Å². The molecule has 1 aromatic heterocycles. The molecule has 0 saturated heterocycles. The minimum absolute atomic E-state index is 0.000861. The number of hydrazone groups is 1. The van der Waals surface area contributed by atoms with E-state index in [9.17, 15) is 4.79 Å². The maximum absolute atomic E-state index is 12.0. The summed E-state index contributed by atoms with van der Waals surface area (Å²) in [7, 11) is 0. The minimum Gasteiger partial charge on any atom is -0.481 e. The molecule has 29 heavy (non-hydrogen) atoms. The lowest BCUT2D eigenvalue weighted by atomic mass is 9.72. The van der Waals surface area contributed by atoms with E-state index in [2.05, 4.69) is 94.1 Å². The average molecular weight is 525 g/mol. The molecule has 0 saturated carbocycles. The van der Waals surface area contributed by atoms with Crippen LogP contribution >= 0.6 is 31.9 Å². The van der Waals surface area contributed by atoms with Crippen molar-refractivity contribution in [3.8, 4) is 5.75 Å². The maximum atomic E-state index is 12.0. The quantitative estimate of drug-likeness (QED) is 0.365. The highest BCUT2D eigenvalue weighted by Crippen LogP contribution is 2.42. The van der Waals surface area contributed by atoms with Crippen LogP contribution in [-0.4, -0.2) is 23.7 Å². The molecule has 7 heteroatoms. The number of benzene rings is 1. The molecule has 2 aromatic rings. The summed E-state index contributed by atoms with van der Waals surface area (Å²) < 4.78 is 7.32. The number of aromatic nitrogens is 1. The van der Waals surface area contributed by atoms with E-state index in [4.69, 9.17) is 4.74 Å². The zero-order chi connectivity index (χ0) is 21.7. The predicted octanol–water partition coefficient (Wildman–Crippen LogP) is 5.85. The Bertz CT molecular complexity index is 852. The van der Waals surface area contributed by atoms with E-state index in [1.807, 2.05) is 0 Å². The zero-order valence-electron chi connectivity index (χ0n) is 17.4. The van der Waals surface area contributed by atoms with Crippen LogP contribution in [0, 0.1) is 5.41 Å². The molecule has 0 unspecified atom stereocenters. The number of halogens is 2. The summed E-state index contributed by atoms with van der Waals surface area (Å²) in [5.41, 5.74) is 4.72. The molecule has 2 rings (SSSR count). The van der Waals surface area contributed by atoms with Crippen molar-refractivity contribution in [2.45, 2.75) is 46.5 Å². The van der Waals surface area contributed by atoms with Crippen molar-refractivity contribution >= 4 is 44.0 Å². The number of hydrogen-bond acceptors (Lipinski definition) is 4. The van der Waals surface area contributed by atoms with Crippen LogP contribution in [0.2, 0.25) is 0 Å². The summed E-state index contributed by atoms with van der Waals surface area (Å²) in [6.45, 7) is 11.1. The van der Waals surface area contributed by atoms with Gasteiger partial charge in [-0.05, 0) is 84.5 Å². The second-order valence-corrected chi connectivity index (χ2v) is 10.5. The van der Waals surface area contributed by atoms with E-state index in [1.165, 1.54) is 5.56 Å². The number of nitrogens with zero attached hydrogens (tertiary/aromatic N) is 2. The van der Waals surface area contributed by atoms with Gasteiger partial charge in [-0.3, -0.25) is 9.78 Å². The Hall–Kier alpha value is -1.73. The van der Waals surface area contributed by atoms with Crippen molar-refractivity contribution in [2.24, 2.45) is 10.5 Å². The smallest absolute Gasteiger partial charge is 0.277 e. The lowest BCUT2D eigenvalue weighted by Crippen LogP contribution is -2.26. The Morgan fingerprint density at radius 2 is 1.72 bits per heavy atom. The first kappa shape index (κ1) is 23.5. The molecule has 1 N–H and O–H groups in total. The van der Waals surface area contributed by atoms with Crippen molar-refractivity contribution in [3.05, 3.63) is 56.7 Å². The third kappa shape index (κ3) is 7.55. The number of hydrogen-bond donors (Lipinski definition) is 1. The number of pyridine rings is 1. The van der Waals surface area contributed by atoms with Gasteiger partial charge in [0.05, 0.1) is 15.2 Å². The fourth-order valence-corrected chi connectivity index (χ4v) is 4.73. The number of ether oxygens (including phenoxy) is 1. The first-order valence-corrected chi connectivity index (χ1v) is 10.9. The molecular weight excluding hydrogens is 498 g/mol.